The molecule has 174 valence electrons. The molecule has 0 saturated carbocycles. The number of aliphatic hydroxyl groups excluding tert-OH is 1. The fourth-order valence-electron chi connectivity index (χ4n) is 3.98. The standard InChI is InChI=1S/C26H47NO3/c1-21(2)12-10-8-6-7-9-11-17-30-24-14-13-23(18-25(24)29-5)15-16-26(27,20-28)19-22(3)4/h13-14,18,21-22,28H,6-12,15-17,19-20,27H2,1-5H3. The van der Waals surface area contributed by atoms with Gasteiger partial charge in [0.15, 0.2) is 11.5 Å². The van der Waals surface area contributed by atoms with Crippen LogP contribution in [0.3, 0.4) is 0 Å². The molecule has 1 rings (SSSR count). The minimum absolute atomic E-state index is 0.0151. The van der Waals surface area contributed by atoms with Crippen molar-refractivity contribution in [1.82, 2.24) is 0 Å². The first-order valence-corrected chi connectivity index (χ1v) is 12.0. The van der Waals surface area contributed by atoms with E-state index in [4.69, 9.17) is 15.2 Å². The summed E-state index contributed by atoms with van der Waals surface area (Å²) in [7, 11) is 1.68. The Labute approximate surface area is 185 Å². The van der Waals surface area contributed by atoms with Gasteiger partial charge >= 0.3 is 0 Å². The largest absolute Gasteiger partial charge is 0.493 e. The normalized spacial score (nSPS) is 13.6. The van der Waals surface area contributed by atoms with E-state index in [9.17, 15) is 5.11 Å². The Bertz CT molecular complexity index is 573. The quantitative estimate of drug-likeness (QED) is 0.297. The highest BCUT2D eigenvalue weighted by Crippen LogP contribution is 2.30. The molecule has 1 unspecified atom stereocenters. The molecule has 0 aliphatic carbocycles. The van der Waals surface area contributed by atoms with Crippen molar-refractivity contribution < 1.29 is 14.6 Å². The van der Waals surface area contributed by atoms with Crippen LogP contribution >= 0.6 is 0 Å². The maximum absolute atomic E-state index is 9.71. The molecule has 0 saturated heterocycles. The Hall–Kier alpha value is -1.26. The molecule has 3 N–H and O–H groups in total. The minimum atomic E-state index is -0.522. The molecule has 1 aromatic rings. The van der Waals surface area contributed by atoms with Crippen LogP contribution in [-0.4, -0.2) is 31.0 Å². The number of unbranched alkanes of at least 4 members (excludes halogenated alkanes) is 5. The Morgan fingerprint density at radius 3 is 2.20 bits per heavy atom. The van der Waals surface area contributed by atoms with Crippen molar-refractivity contribution in [3.63, 3.8) is 0 Å². The molecule has 0 amide bonds. The first kappa shape index (κ1) is 26.8. The monoisotopic (exact) mass is 421 g/mol. The minimum Gasteiger partial charge on any atom is -0.493 e. The molecular formula is C26H47NO3. The number of ether oxygens (including phenoxy) is 2. The molecule has 0 fully saturated rings. The zero-order valence-electron chi connectivity index (χ0n) is 20.2. The number of hydrogen-bond donors (Lipinski definition) is 2. The van der Waals surface area contributed by atoms with Crippen molar-refractivity contribution in [2.45, 2.75) is 97.4 Å². The highest BCUT2D eigenvalue weighted by Gasteiger charge is 2.25. The van der Waals surface area contributed by atoms with Crippen LogP contribution in [0.1, 0.15) is 91.0 Å². The van der Waals surface area contributed by atoms with Crippen molar-refractivity contribution in [3.05, 3.63) is 23.8 Å². The van der Waals surface area contributed by atoms with E-state index < -0.39 is 5.54 Å². The third kappa shape index (κ3) is 11.2. The summed E-state index contributed by atoms with van der Waals surface area (Å²) in [5.41, 5.74) is 7.02. The van der Waals surface area contributed by atoms with Gasteiger partial charge in [-0.05, 0) is 55.2 Å². The summed E-state index contributed by atoms with van der Waals surface area (Å²) in [6, 6.07) is 6.12. The highest BCUT2D eigenvalue weighted by molar-refractivity contribution is 5.43. The van der Waals surface area contributed by atoms with E-state index in [0.717, 1.165) is 55.3 Å². The van der Waals surface area contributed by atoms with E-state index in [0.29, 0.717) is 5.92 Å². The van der Waals surface area contributed by atoms with Crippen molar-refractivity contribution in [2.75, 3.05) is 20.3 Å². The van der Waals surface area contributed by atoms with E-state index in [2.05, 4.69) is 33.8 Å². The predicted octanol–water partition coefficient (Wildman–Crippen LogP) is 6.13. The van der Waals surface area contributed by atoms with Gasteiger partial charge in [-0.3, -0.25) is 0 Å². The van der Waals surface area contributed by atoms with Crippen LogP contribution < -0.4 is 15.2 Å². The van der Waals surface area contributed by atoms with Gasteiger partial charge in [0.05, 0.1) is 20.3 Å². The predicted molar refractivity (Wildman–Crippen MR) is 127 cm³/mol. The smallest absolute Gasteiger partial charge is 0.161 e. The maximum Gasteiger partial charge on any atom is 0.161 e. The van der Waals surface area contributed by atoms with Crippen LogP contribution in [0.25, 0.3) is 0 Å². The lowest BCUT2D eigenvalue weighted by atomic mass is 9.85. The molecule has 0 heterocycles. The van der Waals surface area contributed by atoms with Crippen molar-refractivity contribution in [2.24, 2.45) is 17.6 Å². The van der Waals surface area contributed by atoms with Gasteiger partial charge in [-0.2, -0.15) is 0 Å². The van der Waals surface area contributed by atoms with Crippen LogP contribution in [0, 0.1) is 11.8 Å². The summed E-state index contributed by atoms with van der Waals surface area (Å²) in [4.78, 5) is 0. The SMILES string of the molecule is COc1cc(CCC(N)(CO)CC(C)C)ccc1OCCCCCCCCC(C)C. The van der Waals surface area contributed by atoms with E-state index >= 15 is 0 Å². The summed E-state index contributed by atoms with van der Waals surface area (Å²) >= 11 is 0. The first-order chi connectivity index (χ1) is 14.3. The lowest BCUT2D eigenvalue weighted by molar-refractivity contribution is 0.165. The summed E-state index contributed by atoms with van der Waals surface area (Å²) in [6.07, 6.45) is 11.4. The lowest BCUT2D eigenvalue weighted by Crippen LogP contribution is -2.45. The van der Waals surface area contributed by atoms with Crippen molar-refractivity contribution in [1.29, 1.82) is 0 Å². The second-order valence-corrected chi connectivity index (χ2v) is 9.76. The molecule has 0 spiro atoms. The van der Waals surface area contributed by atoms with Crippen molar-refractivity contribution in [3.8, 4) is 11.5 Å². The Morgan fingerprint density at radius 2 is 1.60 bits per heavy atom. The van der Waals surface area contributed by atoms with Gasteiger partial charge in [0.25, 0.3) is 0 Å². The number of rotatable bonds is 17. The van der Waals surface area contributed by atoms with Gasteiger partial charge in [-0.1, -0.05) is 72.3 Å². The first-order valence-electron chi connectivity index (χ1n) is 12.0. The molecule has 0 aliphatic rings. The summed E-state index contributed by atoms with van der Waals surface area (Å²) in [5, 5.41) is 9.71. The van der Waals surface area contributed by atoms with Gasteiger partial charge in [-0.25, -0.2) is 0 Å². The van der Waals surface area contributed by atoms with Crippen molar-refractivity contribution >= 4 is 0 Å². The van der Waals surface area contributed by atoms with Gasteiger partial charge in [0.1, 0.15) is 0 Å². The molecule has 0 aromatic heterocycles. The zero-order valence-corrected chi connectivity index (χ0v) is 20.2. The van der Waals surface area contributed by atoms with E-state index in [1.54, 1.807) is 7.11 Å². The average Bonchev–Trinajstić information content (AvgIpc) is 2.70. The van der Waals surface area contributed by atoms with Crippen LogP contribution in [0.15, 0.2) is 18.2 Å². The second-order valence-electron chi connectivity index (χ2n) is 9.76. The molecule has 0 aliphatic heterocycles. The summed E-state index contributed by atoms with van der Waals surface area (Å²) < 4.78 is 11.5. The van der Waals surface area contributed by atoms with Crippen LogP contribution in [0.2, 0.25) is 0 Å². The maximum atomic E-state index is 9.71. The number of methoxy groups -OCH3 is 1. The average molecular weight is 422 g/mol. The van der Waals surface area contributed by atoms with Crippen LogP contribution in [-0.2, 0) is 6.42 Å². The molecule has 4 heteroatoms. The van der Waals surface area contributed by atoms with Gasteiger partial charge in [0.2, 0.25) is 0 Å². The number of benzene rings is 1. The Balaban J connectivity index is 2.38. The number of nitrogens with two attached hydrogens (primary N) is 1. The Kier molecular flexibility index (Phi) is 13.1. The molecular weight excluding hydrogens is 374 g/mol. The third-order valence-corrected chi connectivity index (χ3v) is 5.70. The fourth-order valence-corrected chi connectivity index (χ4v) is 3.98. The van der Waals surface area contributed by atoms with Gasteiger partial charge in [0, 0.05) is 5.54 Å². The molecule has 0 radical (unpaired) electrons. The number of aryl methyl sites for hydroxylation is 1. The Morgan fingerprint density at radius 1 is 0.933 bits per heavy atom. The van der Waals surface area contributed by atoms with Crippen LogP contribution in [0.5, 0.6) is 11.5 Å². The fraction of sp³-hybridized carbons (Fsp3) is 0.769. The number of hydrogen-bond acceptors (Lipinski definition) is 4. The van der Waals surface area contributed by atoms with Gasteiger partial charge < -0.3 is 20.3 Å². The molecule has 0 bridgehead atoms. The van der Waals surface area contributed by atoms with E-state index in [1.165, 1.54) is 38.5 Å². The second kappa shape index (κ2) is 14.7. The van der Waals surface area contributed by atoms with Crippen LogP contribution in [0.4, 0.5) is 0 Å². The third-order valence-electron chi connectivity index (χ3n) is 5.70. The summed E-state index contributed by atoms with van der Waals surface area (Å²) in [5.74, 6) is 2.87. The topological polar surface area (TPSA) is 64.7 Å². The zero-order chi connectivity index (χ0) is 22.4. The molecule has 1 aromatic carbocycles. The number of aliphatic hydroxyl groups is 1. The lowest BCUT2D eigenvalue weighted by Gasteiger charge is -2.29. The molecule has 1 atom stereocenters. The highest BCUT2D eigenvalue weighted by atomic mass is 16.5. The molecule has 4 nitrogen and oxygen atoms in total. The summed E-state index contributed by atoms with van der Waals surface area (Å²) in [6.45, 7) is 9.61. The molecule has 30 heavy (non-hydrogen) atoms. The van der Waals surface area contributed by atoms with E-state index in [-0.39, 0.29) is 6.61 Å². The van der Waals surface area contributed by atoms with Gasteiger partial charge in [-0.15, -0.1) is 0 Å². The van der Waals surface area contributed by atoms with E-state index in [1.807, 2.05) is 12.1 Å².